The molecular weight excluding hydrogens is 175 g/mol. The summed E-state index contributed by atoms with van der Waals surface area (Å²) in [7, 11) is 5.84. The molecule has 0 aromatic rings. The molecule has 0 spiro atoms. The summed E-state index contributed by atoms with van der Waals surface area (Å²) in [4.78, 5) is 10.8. The number of rotatable bonds is 8. The SMILES string of the molecule is [B]C(CCC)CCC(CCC)C(=O)O. The molecule has 0 aromatic carbocycles. The van der Waals surface area contributed by atoms with E-state index in [-0.39, 0.29) is 11.7 Å². The summed E-state index contributed by atoms with van der Waals surface area (Å²) in [5.41, 5.74) is 0. The molecule has 0 saturated heterocycles. The predicted octanol–water partition coefficient (Wildman–Crippen LogP) is 3.02. The molecule has 0 amide bonds. The van der Waals surface area contributed by atoms with Gasteiger partial charge in [-0.15, -0.1) is 0 Å². The topological polar surface area (TPSA) is 37.3 Å². The van der Waals surface area contributed by atoms with Gasteiger partial charge in [0.2, 0.25) is 0 Å². The van der Waals surface area contributed by atoms with Crippen LogP contribution in [0.3, 0.4) is 0 Å². The molecule has 0 fully saturated rings. The second-order valence-electron chi connectivity index (χ2n) is 3.95. The summed E-state index contributed by atoms with van der Waals surface area (Å²) >= 11 is 0. The highest BCUT2D eigenvalue weighted by Crippen LogP contribution is 2.22. The normalized spacial score (nSPS) is 15.0. The maximum atomic E-state index is 10.8. The lowest BCUT2D eigenvalue weighted by Gasteiger charge is -2.14. The first-order chi connectivity index (χ1) is 6.61. The van der Waals surface area contributed by atoms with Crippen molar-refractivity contribution in [1.29, 1.82) is 0 Å². The summed E-state index contributed by atoms with van der Waals surface area (Å²) in [6, 6.07) is 0. The van der Waals surface area contributed by atoms with E-state index in [0.717, 1.165) is 38.5 Å². The van der Waals surface area contributed by atoms with E-state index in [2.05, 4.69) is 6.92 Å². The van der Waals surface area contributed by atoms with Crippen molar-refractivity contribution in [3.63, 3.8) is 0 Å². The van der Waals surface area contributed by atoms with Crippen molar-refractivity contribution in [3.05, 3.63) is 0 Å². The van der Waals surface area contributed by atoms with Crippen LogP contribution in [0.4, 0.5) is 0 Å². The van der Waals surface area contributed by atoms with Crippen LogP contribution in [0.1, 0.15) is 52.4 Å². The van der Waals surface area contributed by atoms with E-state index in [0.29, 0.717) is 0 Å². The third kappa shape index (κ3) is 6.06. The highest BCUT2D eigenvalue weighted by Gasteiger charge is 2.16. The Labute approximate surface area is 88.5 Å². The maximum absolute atomic E-state index is 10.8. The van der Waals surface area contributed by atoms with Gasteiger partial charge in [-0.2, -0.15) is 0 Å². The van der Waals surface area contributed by atoms with Crippen LogP contribution in [0.15, 0.2) is 0 Å². The highest BCUT2D eigenvalue weighted by atomic mass is 16.4. The Bertz CT molecular complexity index is 159. The Morgan fingerprint density at radius 3 is 2.14 bits per heavy atom. The summed E-state index contributed by atoms with van der Waals surface area (Å²) < 4.78 is 0. The van der Waals surface area contributed by atoms with Crippen molar-refractivity contribution in [2.45, 2.75) is 58.2 Å². The quantitative estimate of drug-likeness (QED) is 0.606. The molecule has 0 aliphatic heterocycles. The van der Waals surface area contributed by atoms with Crippen molar-refractivity contribution in [2.75, 3.05) is 0 Å². The summed E-state index contributed by atoms with van der Waals surface area (Å²) in [5, 5.41) is 8.91. The number of carboxylic acid groups (broad SMARTS) is 1. The van der Waals surface area contributed by atoms with Gasteiger partial charge in [0.15, 0.2) is 0 Å². The molecule has 2 atom stereocenters. The van der Waals surface area contributed by atoms with E-state index in [9.17, 15) is 4.79 Å². The standard InChI is InChI=1S/C11H21BO2/c1-3-5-9(11(13)14)7-8-10(12)6-4-2/h9-10H,3-8H2,1-2H3,(H,13,14). The fourth-order valence-corrected chi connectivity index (χ4v) is 1.67. The second kappa shape index (κ2) is 7.89. The molecular formula is C11H21BO2. The molecule has 0 rings (SSSR count). The third-order valence-corrected chi connectivity index (χ3v) is 2.53. The van der Waals surface area contributed by atoms with Crippen molar-refractivity contribution in [3.8, 4) is 0 Å². The smallest absolute Gasteiger partial charge is 0.306 e. The predicted molar refractivity (Wildman–Crippen MR) is 59.7 cm³/mol. The molecule has 0 aromatic heterocycles. The van der Waals surface area contributed by atoms with E-state index in [4.69, 9.17) is 13.0 Å². The van der Waals surface area contributed by atoms with Gasteiger partial charge in [0.05, 0.1) is 13.8 Å². The Kier molecular flexibility index (Phi) is 7.63. The lowest BCUT2D eigenvalue weighted by atomic mass is 9.78. The van der Waals surface area contributed by atoms with E-state index in [1.165, 1.54) is 0 Å². The number of carboxylic acids is 1. The molecule has 0 saturated carbocycles. The van der Waals surface area contributed by atoms with Gasteiger partial charge in [0.1, 0.15) is 0 Å². The van der Waals surface area contributed by atoms with Crippen LogP contribution < -0.4 is 0 Å². The van der Waals surface area contributed by atoms with Gasteiger partial charge in [-0.25, -0.2) is 0 Å². The minimum atomic E-state index is -0.671. The van der Waals surface area contributed by atoms with Gasteiger partial charge in [-0.05, 0) is 12.8 Å². The van der Waals surface area contributed by atoms with Gasteiger partial charge in [0.25, 0.3) is 0 Å². The number of carbonyl (C=O) groups is 1. The highest BCUT2D eigenvalue weighted by molar-refractivity contribution is 6.11. The summed E-state index contributed by atoms with van der Waals surface area (Å²) in [6.07, 6.45) is 5.34. The third-order valence-electron chi connectivity index (χ3n) is 2.53. The number of hydrogen-bond donors (Lipinski definition) is 1. The average molecular weight is 196 g/mol. The monoisotopic (exact) mass is 196 g/mol. The fraction of sp³-hybridized carbons (Fsp3) is 0.909. The van der Waals surface area contributed by atoms with Crippen molar-refractivity contribution in [1.82, 2.24) is 0 Å². The minimum absolute atomic E-state index is 0.179. The zero-order valence-corrected chi connectivity index (χ0v) is 9.33. The fourth-order valence-electron chi connectivity index (χ4n) is 1.67. The van der Waals surface area contributed by atoms with Gasteiger partial charge in [0, 0.05) is 0 Å². The number of hydrogen-bond acceptors (Lipinski definition) is 1. The van der Waals surface area contributed by atoms with Crippen LogP contribution in [-0.2, 0) is 4.79 Å². The molecule has 14 heavy (non-hydrogen) atoms. The number of aliphatic carboxylic acids is 1. The van der Waals surface area contributed by atoms with Gasteiger partial charge in [-0.3, -0.25) is 4.79 Å². The van der Waals surface area contributed by atoms with Gasteiger partial charge in [-0.1, -0.05) is 45.3 Å². The van der Waals surface area contributed by atoms with Crippen molar-refractivity contribution < 1.29 is 9.90 Å². The Morgan fingerprint density at radius 2 is 1.71 bits per heavy atom. The zero-order valence-electron chi connectivity index (χ0n) is 9.33. The van der Waals surface area contributed by atoms with Crippen LogP contribution in [0, 0.1) is 5.92 Å². The van der Waals surface area contributed by atoms with E-state index in [1.54, 1.807) is 0 Å². The van der Waals surface area contributed by atoms with Crippen LogP contribution >= 0.6 is 0 Å². The molecule has 2 nitrogen and oxygen atoms in total. The molecule has 80 valence electrons. The Hall–Kier alpha value is -0.465. The van der Waals surface area contributed by atoms with Crippen LogP contribution in [0.5, 0.6) is 0 Å². The first-order valence-corrected chi connectivity index (χ1v) is 5.60. The first kappa shape index (κ1) is 13.5. The Morgan fingerprint density at radius 1 is 1.14 bits per heavy atom. The van der Waals surface area contributed by atoms with Crippen LogP contribution in [0.2, 0.25) is 5.82 Å². The zero-order chi connectivity index (χ0) is 11.0. The molecule has 1 N–H and O–H groups in total. The van der Waals surface area contributed by atoms with Crippen LogP contribution in [0.25, 0.3) is 0 Å². The maximum Gasteiger partial charge on any atom is 0.306 e. The summed E-state index contributed by atoms with van der Waals surface area (Å²) in [5.74, 6) is -0.683. The molecule has 0 aliphatic carbocycles. The minimum Gasteiger partial charge on any atom is -0.481 e. The molecule has 0 heterocycles. The molecule has 3 heteroatoms. The van der Waals surface area contributed by atoms with E-state index >= 15 is 0 Å². The van der Waals surface area contributed by atoms with E-state index < -0.39 is 5.97 Å². The van der Waals surface area contributed by atoms with Crippen LogP contribution in [-0.4, -0.2) is 18.9 Å². The molecule has 0 aliphatic rings. The van der Waals surface area contributed by atoms with Crippen molar-refractivity contribution >= 4 is 13.8 Å². The largest absolute Gasteiger partial charge is 0.481 e. The molecule has 2 unspecified atom stereocenters. The second-order valence-corrected chi connectivity index (χ2v) is 3.95. The van der Waals surface area contributed by atoms with Crippen molar-refractivity contribution in [2.24, 2.45) is 5.92 Å². The lowest BCUT2D eigenvalue weighted by molar-refractivity contribution is -0.142. The summed E-state index contributed by atoms with van der Waals surface area (Å²) in [6.45, 7) is 4.11. The first-order valence-electron chi connectivity index (χ1n) is 5.60. The van der Waals surface area contributed by atoms with E-state index in [1.807, 2.05) is 6.92 Å². The average Bonchev–Trinajstić information content (AvgIpc) is 2.12. The molecule has 0 bridgehead atoms. The lowest BCUT2D eigenvalue weighted by Crippen LogP contribution is -2.14. The van der Waals surface area contributed by atoms with Gasteiger partial charge >= 0.3 is 5.97 Å². The molecule has 2 radical (unpaired) electrons. The van der Waals surface area contributed by atoms with Gasteiger partial charge < -0.3 is 5.11 Å². The Balaban J connectivity index is 3.75.